The van der Waals surface area contributed by atoms with Crippen LogP contribution >= 0.6 is 0 Å². The summed E-state index contributed by atoms with van der Waals surface area (Å²) in [6.07, 6.45) is 7.32. The molecular weight excluding hydrogens is 400 g/mol. The largest absolute Gasteiger partial charge is 0.490 e. The molecule has 1 N–H and O–H groups in total. The lowest BCUT2D eigenvalue weighted by Gasteiger charge is -2.36. The zero-order valence-electron chi connectivity index (χ0n) is 20.7. The van der Waals surface area contributed by atoms with Gasteiger partial charge in [-0.15, -0.1) is 0 Å². The van der Waals surface area contributed by atoms with E-state index in [4.69, 9.17) is 9.47 Å². The Balaban J connectivity index is 1.48. The van der Waals surface area contributed by atoms with Crippen molar-refractivity contribution in [3.8, 4) is 5.75 Å². The number of carbonyl (C=O) groups excluding carboxylic acids is 1. The van der Waals surface area contributed by atoms with Crippen molar-refractivity contribution in [2.24, 2.45) is 11.3 Å². The first-order valence-electron chi connectivity index (χ1n) is 12.0. The summed E-state index contributed by atoms with van der Waals surface area (Å²) in [4.78, 5) is 16.4. The second-order valence-electron chi connectivity index (χ2n) is 11.2. The molecule has 0 unspecified atom stereocenters. The van der Waals surface area contributed by atoms with Crippen LogP contribution in [0.2, 0.25) is 0 Å². The predicted octanol–water partition coefficient (Wildman–Crippen LogP) is 6.04. The van der Waals surface area contributed by atoms with Gasteiger partial charge >= 0.3 is 5.97 Å². The normalized spacial score (nSPS) is 19.7. The summed E-state index contributed by atoms with van der Waals surface area (Å²) >= 11 is 0. The van der Waals surface area contributed by atoms with Crippen LogP contribution in [0.15, 0.2) is 30.5 Å². The summed E-state index contributed by atoms with van der Waals surface area (Å²) in [5.74, 6) is 1.54. The summed E-state index contributed by atoms with van der Waals surface area (Å²) in [5.41, 5.74) is 0.906. The van der Waals surface area contributed by atoms with Crippen molar-refractivity contribution < 1.29 is 14.3 Å². The lowest BCUT2D eigenvalue weighted by Crippen LogP contribution is -2.30. The van der Waals surface area contributed by atoms with E-state index >= 15 is 0 Å². The van der Waals surface area contributed by atoms with Crippen LogP contribution in [0.1, 0.15) is 79.3 Å². The van der Waals surface area contributed by atoms with Crippen molar-refractivity contribution >= 4 is 16.7 Å². The van der Waals surface area contributed by atoms with Gasteiger partial charge in [0.25, 0.3) is 0 Å². The molecule has 0 amide bonds. The third kappa shape index (κ3) is 7.47. The number of fused-ring (bicyclic) bond motifs is 1. The Kier molecular flexibility index (Phi) is 7.81. The molecule has 176 valence electrons. The Labute approximate surface area is 193 Å². The molecule has 32 heavy (non-hydrogen) atoms. The number of aromatic nitrogens is 1. The molecular formula is C27H40N2O3. The van der Waals surface area contributed by atoms with Gasteiger partial charge in [0.1, 0.15) is 11.4 Å². The maximum atomic E-state index is 11.8. The monoisotopic (exact) mass is 440 g/mol. The van der Waals surface area contributed by atoms with E-state index in [0.717, 1.165) is 41.0 Å². The Morgan fingerprint density at radius 1 is 1.03 bits per heavy atom. The van der Waals surface area contributed by atoms with E-state index in [2.05, 4.69) is 55.3 Å². The number of hydrogen-bond acceptors (Lipinski definition) is 5. The van der Waals surface area contributed by atoms with Gasteiger partial charge in [0.15, 0.2) is 0 Å². The van der Waals surface area contributed by atoms with Crippen LogP contribution in [0.4, 0.5) is 0 Å². The number of rotatable bonds is 7. The minimum Gasteiger partial charge on any atom is -0.490 e. The molecule has 0 atom stereocenters. The molecule has 5 heteroatoms. The fourth-order valence-electron chi connectivity index (χ4n) is 4.37. The highest BCUT2D eigenvalue weighted by Gasteiger charge is 2.30. The fourth-order valence-corrected chi connectivity index (χ4v) is 4.37. The van der Waals surface area contributed by atoms with Gasteiger partial charge in [0.05, 0.1) is 18.2 Å². The highest BCUT2D eigenvalue weighted by atomic mass is 16.6. The van der Waals surface area contributed by atoms with Gasteiger partial charge in [-0.2, -0.15) is 0 Å². The molecule has 2 aromatic rings. The van der Waals surface area contributed by atoms with Crippen LogP contribution < -0.4 is 10.1 Å². The second kappa shape index (κ2) is 10.2. The number of carbonyl (C=O) groups is 1. The topological polar surface area (TPSA) is 60.5 Å². The Morgan fingerprint density at radius 3 is 2.41 bits per heavy atom. The van der Waals surface area contributed by atoms with Gasteiger partial charge in [-0.1, -0.05) is 26.8 Å². The van der Waals surface area contributed by atoms with Crippen LogP contribution in [0.25, 0.3) is 10.8 Å². The van der Waals surface area contributed by atoms with Crippen LogP contribution in [0.3, 0.4) is 0 Å². The quantitative estimate of drug-likeness (QED) is 0.420. The molecule has 1 aliphatic carbocycles. The zero-order chi connectivity index (χ0) is 23.4. The first-order valence-corrected chi connectivity index (χ1v) is 12.0. The smallest absolute Gasteiger partial charge is 0.307 e. The van der Waals surface area contributed by atoms with Crippen molar-refractivity contribution in [3.05, 3.63) is 36.2 Å². The van der Waals surface area contributed by atoms with Gasteiger partial charge in [-0.25, -0.2) is 0 Å². The van der Waals surface area contributed by atoms with Crippen molar-refractivity contribution in [1.29, 1.82) is 0 Å². The van der Waals surface area contributed by atoms with E-state index in [1.165, 1.54) is 12.8 Å². The Hall–Kier alpha value is -2.14. The molecule has 0 bridgehead atoms. The molecule has 0 spiro atoms. The zero-order valence-corrected chi connectivity index (χ0v) is 20.7. The minimum atomic E-state index is -0.439. The van der Waals surface area contributed by atoms with Gasteiger partial charge in [0, 0.05) is 24.7 Å². The van der Waals surface area contributed by atoms with Crippen LogP contribution in [0.5, 0.6) is 5.75 Å². The predicted molar refractivity (Wildman–Crippen MR) is 130 cm³/mol. The minimum absolute atomic E-state index is 0.184. The number of benzene rings is 1. The number of nitrogens with one attached hydrogen (secondary N) is 1. The van der Waals surface area contributed by atoms with Gasteiger partial charge < -0.3 is 14.8 Å². The lowest BCUT2D eigenvalue weighted by molar-refractivity contribution is -0.154. The van der Waals surface area contributed by atoms with E-state index in [-0.39, 0.29) is 5.97 Å². The van der Waals surface area contributed by atoms with E-state index in [0.29, 0.717) is 31.0 Å². The Bertz CT molecular complexity index is 903. The second-order valence-corrected chi connectivity index (χ2v) is 11.2. The van der Waals surface area contributed by atoms with Gasteiger partial charge in [0.2, 0.25) is 0 Å². The molecule has 0 radical (unpaired) electrons. The van der Waals surface area contributed by atoms with Crippen LogP contribution in [0, 0.1) is 11.3 Å². The van der Waals surface area contributed by atoms with Crippen molar-refractivity contribution in [2.45, 2.75) is 91.9 Å². The highest BCUT2D eigenvalue weighted by molar-refractivity contribution is 5.83. The van der Waals surface area contributed by atoms with Gasteiger partial charge in [-0.3, -0.25) is 9.78 Å². The van der Waals surface area contributed by atoms with E-state index in [1.807, 2.05) is 27.0 Å². The molecule has 0 aliphatic heterocycles. The standard InChI is InChI=1S/C27H40N2O3/c1-26(2,3)21-8-11-23(12-9-21)31-24-10-7-19-15-22(29-17-20(19)16-24)18-28-14-13-25(30)32-27(4,5)6/h7,10,15-17,21,23,28H,8-9,11-14,18H2,1-6H3. The number of pyridine rings is 1. The molecule has 1 heterocycles. The summed E-state index contributed by atoms with van der Waals surface area (Å²) < 4.78 is 11.6. The van der Waals surface area contributed by atoms with Crippen LogP contribution in [-0.2, 0) is 16.1 Å². The van der Waals surface area contributed by atoms with E-state index < -0.39 is 5.60 Å². The average Bonchev–Trinajstić information content (AvgIpc) is 2.70. The summed E-state index contributed by atoms with van der Waals surface area (Å²) in [5, 5.41) is 5.51. The number of ether oxygens (including phenoxy) is 2. The highest BCUT2D eigenvalue weighted by Crippen LogP contribution is 2.38. The number of esters is 1. The van der Waals surface area contributed by atoms with Crippen molar-refractivity contribution in [1.82, 2.24) is 10.3 Å². The molecule has 1 aliphatic rings. The molecule has 5 nitrogen and oxygen atoms in total. The maximum absolute atomic E-state index is 11.8. The molecule has 0 saturated heterocycles. The maximum Gasteiger partial charge on any atom is 0.307 e. The molecule has 1 aromatic heterocycles. The molecule has 1 fully saturated rings. The van der Waals surface area contributed by atoms with Gasteiger partial charge in [-0.05, 0) is 81.4 Å². The summed E-state index contributed by atoms with van der Waals surface area (Å²) in [6.45, 7) is 13.9. The Morgan fingerprint density at radius 2 is 1.75 bits per heavy atom. The number of nitrogens with zero attached hydrogens (tertiary/aromatic N) is 1. The first-order chi connectivity index (χ1) is 15.0. The third-order valence-corrected chi connectivity index (χ3v) is 6.18. The summed E-state index contributed by atoms with van der Waals surface area (Å²) in [7, 11) is 0. The molecule has 1 aromatic carbocycles. The van der Waals surface area contributed by atoms with Crippen molar-refractivity contribution in [3.63, 3.8) is 0 Å². The van der Waals surface area contributed by atoms with Crippen LogP contribution in [-0.4, -0.2) is 29.2 Å². The van der Waals surface area contributed by atoms with E-state index in [9.17, 15) is 4.79 Å². The molecule has 1 saturated carbocycles. The molecule has 3 rings (SSSR count). The van der Waals surface area contributed by atoms with E-state index in [1.54, 1.807) is 0 Å². The SMILES string of the molecule is CC(C)(C)OC(=O)CCNCc1cc2ccc(OC3CCC(C(C)(C)C)CC3)cc2cn1. The summed E-state index contributed by atoms with van der Waals surface area (Å²) in [6, 6.07) is 8.36. The van der Waals surface area contributed by atoms with Crippen molar-refractivity contribution in [2.75, 3.05) is 6.54 Å². The average molecular weight is 441 g/mol. The third-order valence-electron chi connectivity index (χ3n) is 6.18. The lowest BCUT2D eigenvalue weighted by atomic mass is 9.72. The fraction of sp³-hybridized carbons (Fsp3) is 0.630. The first kappa shape index (κ1) is 24.5. The number of hydrogen-bond donors (Lipinski definition) is 1.